The number of hydrogen-bond donors (Lipinski definition) is 0. The van der Waals surface area contributed by atoms with Crippen molar-refractivity contribution in [3.63, 3.8) is 0 Å². The molecule has 1 aromatic carbocycles. The molecule has 2 aromatic rings. The van der Waals surface area contributed by atoms with Gasteiger partial charge in [-0.2, -0.15) is 4.31 Å². The summed E-state index contributed by atoms with van der Waals surface area (Å²) in [6.07, 6.45) is 1.24. The first-order valence-corrected chi connectivity index (χ1v) is 12.1. The molecule has 2 heterocycles. The highest BCUT2D eigenvalue weighted by Gasteiger charge is 2.24. The van der Waals surface area contributed by atoms with Crippen molar-refractivity contribution in [1.82, 2.24) is 13.8 Å². The van der Waals surface area contributed by atoms with Crippen LogP contribution in [0.4, 0.5) is 0 Å². The summed E-state index contributed by atoms with van der Waals surface area (Å²) in [6.45, 7) is 7.31. The van der Waals surface area contributed by atoms with Crippen LogP contribution in [0.3, 0.4) is 0 Å². The minimum atomic E-state index is -3.74. The van der Waals surface area contributed by atoms with Gasteiger partial charge >= 0.3 is 0 Å². The lowest BCUT2D eigenvalue weighted by Crippen LogP contribution is -2.37. The number of hydrogen-bond acceptors (Lipinski definition) is 6. The fraction of sp³-hybridized carbons (Fsp3) is 0.455. The van der Waals surface area contributed by atoms with Crippen molar-refractivity contribution in [3.8, 4) is 11.5 Å². The van der Waals surface area contributed by atoms with Gasteiger partial charge in [0.15, 0.2) is 11.5 Å². The largest absolute Gasteiger partial charge is 0.486 e. The zero-order valence-electron chi connectivity index (χ0n) is 18.6. The SMILES string of the molecule is CCN(Cc1cccc2c1OCCO2)C(=O)Cn1cc(S(=O)(=O)N(CC)CC)ccc1=O. The zero-order valence-corrected chi connectivity index (χ0v) is 19.4. The number of benzene rings is 1. The second-order valence-electron chi connectivity index (χ2n) is 7.27. The molecular weight excluding hydrogens is 434 g/mol. The first-order chi connectivity index (χ1) is 15.3. The van der Waals surface area contributed by atoms with Gasteiger partial charge in [0.05, 0.1) is 4.90 Å². The van der Waals surface area contributed by atoms with Gasteiger partial charge < -0.3 is 18.9 Å². The van der Waals surface area contributed by atoms with Crippen LogP contribution < -0.4 is 15.0 Å². The van der Waals surface area contributed by atoms with Gasteiger partial charge in [0.25, 0.3) is 5.56 Å². The van der Waals surface area contributed by atoms with Crippen LogP contribution in [0.15, 0.2) is 46.2 Å². The molecule has 1 aromatic heterocycles. The van der Waals surface area contributed by atoms with Gasteiger partial charge in [0.2, 0.25) is 15.9 Å². The van der Waals surface area contributed by atoms with Crippen molar-refractivity contribution in [1.29, 1.82) is 0 Å². The normalized spacial score (nSPS) is 13.2. The fourth-order valence-corrected chi connectivity index (χ4v) is 5.06. The Hall–Kier alpha value is -2.85. The van der Waals surface area contributed by atoms with Crippen LogP contribution >= 0.6 is 0 Å². The minimum absolute atomic E-state index is 0.0145. The summed E-state index contributed by atoms with van der Waals surface area (Å²) in [5, 5.41) is 0. The molecule has 0 atom stereocenters. The van der Waals surface area contributed by atoms with Crippen molar-refractivity contribution in [3.05, 3.63) is 52.4 Å². The number of rotatable bonds is 9. The maximum Gasteiger partial charge on any atom is 0.251 e. The lowest BCUT2D eigenvalue weighted by Gasteiger charge is -2.25. The summed E-state index contributed by atoms with van der Waals surface area (Å²) in [4.78, 5) is 26.9. The van der Waals surface area contributed by atoms with E-state index in [2.05, 4.69) is 0 Å². The van der Waals surface area contributed by atoms with Crippen molar-refractivity contribution in [2.45, 2.75) is 38.8 Å². The number of fused-ring (bicyclic) bond motifs is 1. The van der Waals surface area contributed by atoms with Gasteiger partial charge in [-0.15, -0.1) is 0 Å². The highest BCUT2D eigenvalue weighted by Crippen LogP contribution is 2.34. The maximum absolute atomic E-state index is 13.0. The smallest absolute Gasteiger partial charge is 0.251 e. The molecule has 0 spiro atoms. The number of amides is 1. The van der Waals surface area contributed by atoms with Gasteiger partial charge in [-0.1, -0.05) is 26.0 Å². The summed E-state index contributed by atoms with van der Waals surface area (Å²) >= 11 is 0. The lowest BCUT2D eigenvalue weighted by atomic mass is 10.1. The molecule has 0 aliphatic carbocycles. The number of aromatic nitrogens is 1. The van der Waals surface area contributed by atoms with E-state index in [1.165, 1.54) is 22.6 Å². The standard InChI is InChI=1S/C22H29N3O6S/c1-4-23(14-17-8-7-9-19-22(17)31-13-12-30-19)21(27)16-24-15-18(10-11-20(24)26)32(28,29)25(5-2)6-3/h7-11,15H,4-6,12-14,16H2,1-3H3. The Morgan fingerprint density at radius 3 is 2.44 bits per heavy atom. The Morgan fingerprint density at radius 1 is 1.03 bits per heavy atom. The van der Waals surface area contributed by atoms with Crippen LogP contribution in [-0.2, 0) is 27.9 Å². The summed E-state index contributed by atoms with van der Waals surface area (Å²) in [7, 11) is -3.74. The van der Waals surface area contributed by atoms with Crippen LogP contribution in [0.5, 0.6) is 11.5 Å². The van der Waals surface area contributed by atoms with Gasteiger partial charge in [-0.3, -0.25) is 9.59 Å². The summed E-state index contributed by atoms with van der Waals surface area (Å²) < 4.78 is 39.4. The Morgan fingerprint density at radius 2 is 1.75 bits per heavy atom. The minimum Gasteiger partial charge on any atom is -0.486 e. The second-order valence-corrected chi connectivity index (χ2v) is 9.21. The summed E-state index contributed by atoms with van der Waals surface area (Å²) in [5.41, 5.74) is 0.365. The van der Waals surface area contributed by atoms with Crippen LogP contribution in [-0.4, -0.2) is 60.9 Å². The van der Waals surface area contributed by atoms with Crippen LogP contribution in [0.1, 0.15) is 26.3 Å². The number of pyridine rings is 1. The number of para-hydroxylation sites is 1. The summed E-state index contributed by atoms with van der Waals surface area (Å²) in [5.74, 6) is 0.957. The van der Waals surface area contributed by atoms with Crippen LogP contribution in [0.25, 0.3) is 0 Å². The molecule has 3 rings (SSSR count). The first kappa shape index (κ1) is 23.8. The van der Waals surface area contributed by atoms with E-state index in [1.807, 2.05) is 25.1 Å². The van der Waals surface area contributed by atoms with Gasteiger partial charge in [0, 0.05) is 44.0 Å². The van der Waals surface area contributed by atoms with E-state index in [4.69, 9.17) is 9.47 Å². The lowest BCUT2D eigenvalue weighted by molar-refractivity contribution is -0.132. The van der Waals surface area contributed by atoms with Crippen LogP contribution in [0, 0.1) is 0 Å². The monoisotopic (exact) mass is 463 g/mol. The quantitative estimate of drug-likeness (QED) is 0.561. The molecule has 0 N–H and O–H groups in total. The predicted molar refractivity (Wildman–Crippen MR) is 119 cm³/mol. The number of carbonyl (C=O) groups excluding carboxylic acids is 1. The van der Waals surface area contributed by atoms with Crippen molar-refractivity contribution < 1.29 is 22.7 Å². The number of likely N-dealkylation sites (N-methyl/N-ethyl adjacent to an activating group) is 1. The van der Waals surface area contributed by atoms with Crippen molar-refractivity contribution in [2.24, 2.45) is 0 Å². The Kier molecular flexibility index (Phi) is 7.57. The van der Waals surface area contributed by atoms with Crippen molar-refractivity contribution in [2.75, 3.05) is 32.8 Å². The second kappa shape index (κ2) is 10.2. The zero-order chi connectivity index (χ0) is 23.3. The average Bonchev–Trinajstić information content (AvgIpc) is 2.79. The van der Waals surface area contributed by atoms with E-state index in [0.717, 1.165) is 10.1 Å². The molecule has 0 saturated heterocycles. The molecule has 9 nitrogen and oxygen atoms in total. The average molecular weight is 464 g/mol. The van der Waals surface area contributed by atoms with E-state index >= 15 is 0 Å². The maximum atomic E-state index is 13.0. The molecule has 10 heteroatoms. The molecule has 174 valence electrons. The van der Waals surface area contributed by atoms with E-state index in [1.54, 1.807) is 18.7 Å². The van der Waals surface area contributed by atoms with E-state index in [9.17, 15) is 18.0 Å². The molecule has 0 radical (unpaired) electrons. The molecule has 1 aliphatic heterocycles. The predicted octanol–water partition coefficient (Wildman–Crippen LogP) is 1.70. The van der Waals surface area contributed by atoms with Gasteiger partial charge in [0.1, 0.15) is 19.8 Å². The highest BCUT2D eigenvalue weighted by atomic mass is 32.2. The van der Waals surface area contributed by atoms with Gasteiger partial charge in [-0.25, -0.2) is 8.42 Å². The molecule has 1 amide bonds. The molecule has 0 saturated carbocycles. The molecule has 0 fully saturated rings. The molecule has 0 bridgehead atoms. The van der Waals surface area contributed by atoms with Gasteiger partial charge in [-0.05, 0) is 19.1 Å². The topological polar surface area (TPSA) is 98.2 Å². The number of nitrogens with zero attached hydrogens (tertiary/aromatic N) is 3. The third kappa shape index (κ3) is 4.97. The Bertz CT molecular complexity index is 1120. The fourth-order valence-electron chi connectivity index (χ4n) is 3.58. The third-order valence-electron chi connectivity index (χ3n) is 5.35. The number of carbonyl (C=O) groups is 1. The number of ether oxygens (including phenoxy) is 2. The third-order valence-corrected chi connectivity index (χ3v) is 7.38. The first-order valence-electron chi connectivity index (χ1n) is 10.7. The number of sulfonamides is 1. The molecule has 1 aliphatic rings. The summed E-state index contributed by atoms with van der Waals surface area (Å²) in [6, 6.07) is 7.98. The molecule has 32 heavy (non-hydrogen) atoms. The highest BCUT2D eigenvalue weighted by molar-refractivity contribution is 7.89. The Labute approximate surface area is 188 Å². The Balaban J connectivity index is 1.82. The van der Waals surface area contributed by atoms with E-state index in [-0.39, 0.29) is 23.9 Å². The van der Waals surface area contributed by atoms with Crippen molar-refractivity contribution >= 4 is 15.9 Å². The van der Waals surface area contributed by atoms with E-state index < -0.39 is 15.6 Å². The molecular formula is C22H29N3O6S. The molecule has 0 unspecified atom stereocenters. The van der Waals surface area contributed by atoms with Crippen LogP contribution in [0.2, 0.25) is 0 Å². The van der Waals surface area contributed by atoms with E-state index in [0.29, 0.717) is 44.3 Å².